The van der Waals surface area contributed by atoms with Gasteiger partial charge in [0.1, 0.15) is 9.88 Å². The first-order chi connectivity index (χ1) is 12.1. The summed E-state index contributed by atoms with van der Waals surface area (Å²) in [6.45, 7) is 9.90. The second-order valence-electron chi connectivity index (χ2n) is 6.70. The average Bonchev–Trinajstić information content (AvgIpc) is 2.99. The van der Waals surface area contributed by atoms with Crippen molar-refractivity contribution in [1.29, 1.82) is 0 Å². The van der Waals surface area contributed by atoms with E-state index in [1.165, 1.54) is 16.0 Å². The molecule has 0 aromatic carbocycles. The van der Waals surface area contributed by atoms with Crippen LogP contribution >= 0.6 is 11.3 Å². The van der Waals surface area contributed by atoms with E-state index in [0.717, 1.165) is 24.1 Å². The fourth-order valence-corrected chi connectivity index (χ4v) is 3.73. The lowest BCUT2D eigenvalue weighted by Crippen LogP contribution is -2.49. The van der Waals surface area contributed by atoms with Crippen LogP contribution in [0.2, 0.25) is 0 Å². The highest BCUT2D eigenvalue weighted by molar-refractivity contribution is 7.17. The van der Waals surface area contributed by atoms with Crippen molar-refractivity contribution in [1.82, 2.24) is 20.1 Å². The molecule has 7 nitrogen and oxygen atoms in total. The van der Waals surface area contributed by atoms with Gasteiger partial charge in [0, 0.05) is 19.1 Å². The Hall–Kier alpha value is -2.06. The number of hydrogen-bond acceptors (Lipinski definition) is 6. The number of nitrogens with two attached hydrogens (primary N) is 1. The van der Waals surface area contributed by atoms with Crippen molar-refractivity contribution in [2.75, 3.05) is 6.54 Å². The smallest absolute Gasteiger partial charge is 0.277 e. The average molecular weight is 378 g/mol. The van der Waals surface area contributed by atoms with Gasteiger partial charge in [-0.1, -0.05) is 13.8 Å². The van der Waals surface area contributed by atoms with Gasteiger partial charge in [-0.3, -0.25) is 9.59 Å². The standard InChI is InChI=1S/C18H27N5O2S/c1-7-18(19,8-2)9-20-15(24)14-12(5)21-16(26-14)13-10(3)11(4)22-23(6)17(13)25/h7-9,19H2,1-6H3,(H,20,24). The third-order valence-corrected chi connectivity index (χ3v) is 6.13. The van der Waals surface area contributed by atoms with E-state index in [-0.39, 0.29) is 11.5 Å². The molecule has 8 heteroatoms. The van der Waals surface area contributed by atoms with E-state index in [1.807, 2.05) is 27.7 Å². The van der Waals surface area contributed by atoms with Gasteiger partial charge >= 0.3 is 0 Å². The summed E-state index contributed by atoms with van der Waals surface area (Å²) in [6, 6.07) is 0. The molecule has 2 aromatic rings. The Morgan fingerprint density at radius 2 is 1.85 bits per heavy atom. The van der Waals surface area contributed by atoms with Gasteiger partial charge in [-0.25, -0.2) is 9.67 Å². The molecule has 0 saturated heterocycles. The maximum Gasteiger partial charge on any atom is 0.277 e. The summed E-state index contributed by atoms with van der Waals surface area (Å²) in [5.41, 5.74) is 8.28. The van der Waals surface area contributed by atoms with Crippen LogP contribution in [0.4, 0.5) is 0 Å². The molecule has 2 heterocycles. The molecule has 0 aliphatic carbocycles. The normalized spacial score (nSPS) is 11.7. The van der Waals surface area contributed by atoms with Crippen molar-refractivity contribution < 1.29 is 4.79 Å². The molecule has 142 valence electrons. The Balaban J connectivity index is 2.36. The van der Waals surface area contributed by atoms with Crippen LogP contribution in [0.1, 0.15) is 53.3 Å². The summed E-state index contributed by atoms with van der Waals surface area (Å²) in [5.74, 6) is -0.205. The molecule has 3 N–H and O–H groups in total. The number of carbonyl (C=O) groups excluding carboxylic acids is 1. The highest BCUT2D eigenvalue weighted by Gasteiger charge is 2.24. The Bertz CT molecular complexity index is 880. The number of nitrogens with one attached hydrogen (secondary N) is 1. The minimum absolute atomic E-state index is 0.205. The summed E-state index contributed by atoms with van der Waals surface area (Å²) in [7, 11) is 1.61. The first kappa shape index (κ1) is 20.3. The van der Waals surface area contributed by atoms with Crippen LogP contribution in [0.15, 0.2) is 4.79 Å². The summed E-state index contributed by atoms with van der Waals surface area (Å²) in [6.07, 6.45) is 1.56. The Kier molecular flexibility index (Phi) is 5.98. The van der Waals surface area contributed by atoms with E-state index in [0.29, 0.717) is 27.7 Å². The summed E-state index contributed by atoms with van der Waals surface area (Å²) in [4.78, 5) is 30.1. The lowest BCUT2D eigenvalue weighted by molar-refractivity contribution is 0.0945. The zero-order valence-electron chi connectivity index (χ0n) is 16.3. The molecule has 2 aromatic heterocycles. The number of aryl methyl sites for hydroxylation is 3. The largest absolute Gasteiger partial charge is 0.349 e. The minimum atomic E-state index is -0.411. The number of aromatic nitrogens is 3. The molecule has 26 heavy (non-hydrogen) atoms. The molecule has 0 aliphatic rings. The molecule has 0 atom stereocenters. The summed E-state index contributed by atoms with van der Waals surface area (Å²) in [5, 5.41) is 7.64. The minimum Gasteiger partial charge on any atom is -0.349 e. The molecule has 0 bridgehead atoms. The molecule has 0 aliphatic heterocycles. The highest BCUT2D eigenvalue weighted by Crippen LogP contribution is 2.28. The highest BCUT2D eigenvalue weighted by atomic mass is 32.1. The van der Waals surface area contributed by atoms with Crippen LogP contribution in [0.25, 0.3) is 10.6 Å². The molecule has 0 fully saturated rings. The van der Waals surface area contributed by atoms with Crippen molar-refractivity contribution in [3.8, 4) is 10.6 Å². The topological polar surface area (TPSA) is 103 Å². The maximum absolute atomic E-state index is 12.6. The Morgan fingerprint density at radius 1 is 1.23 bits per heavy atom. The van der Waals surface area contributed by atoms with Crippen molar-refractivity contribution in [3.63, 3.8) is 0 Å². The van der Waals surface area contributed by atoms with Crippen molar-refractivity contribution >= 4 is 17.2 Å². The Morgan fingerprint density at radius 3 is 2.42 bits per heavy atom. The zero-order chi connectivity index (χ0) is 19.6. The second kappa shape index (κ2) is 7.67. The lowest BCUT2D eigenvalue weighted by Gasteiger charge is -2.26. The van der Waals surface area contributed by atoms with Crippen molar-refractivity contribution in [2.45, 2.75) is 53.0 Å². The van der Waals surface area contributed by atoms with Crippen LogP contribution in [-0.4, -0.2) is 32.8 Å². The number of nitrogens with zero attached hydrogens (tertiary/aromatic N) is 3. The van der Waals surface area contributed by atoms with Crippen molar-refractivity contribution in [3.05, 3.63) is 32.2 Å². The van der Waals surface area contributed by atoms with Crippen LogP contribution < -0.4 is 16.6 Å². The zero-order valence-corrected chi connectivity index (χ0v) is 17.1. The third kappa shape index (κ3) is 3.86. The van der Waals surface area contributed by atoms with Crippen LogP contribution in [-0.2, 0) is 7.05 Å². The van der Waals surface area contributed by atoms with Gasteiger partial charge < -0.3 is 11.1 Å². The predicted molar refractivity (Wildman–Crippen MR) is 105 cm³/mol. The van der Waals surface area contributed by atoms with E-state index in [4.69, 9.17) is 5.73 Å². The van der Waals surface area contributed by atoms with E-state index >= 15 is 0 Å². The second-order valence-corrected chi connectivity index (χ2v) is 7.70. The molecule has 1 amide bonds. The maximum atomic E-state index is 12.6. The summed E-state index contributed by atoms with van der Waals surface area (Å²) >= 11 is 1.23. The number of rotatable bonds is 6. The fraction of sp³-hybridized carbons (Fsp3) is 0.556. The van der Waals surface area contributed by atoms with Crippen molar-refractivity contribution in [2.24, 2.45) is 12.8 Å². The van der Waals surface area contributed by atoms with Gasteiger partial charge in [0.15, 0.2) is 0 Å². The number of amides is 1. The number of hydrogen-bond donors (Lipinski definition) is 2. The SMILES string of the molecule is CCC(N)(CC)CNC(=O)c1sc(-c2c(C)c(C)nn(C)c2=O)nc1C. The molecular formula is C18H27N5O2S. The van der Waals surface area contributed by atoms with Gasteiger partial charge in [0.2, 0.25) is 0 Å². The Labute approximate surface area is 157 Å². The first-order valence-corrected chi connectivity index (χ1v) is 9.54. The third-order valence-electron chi connectivity index (χ3n) is 4.95. The van der Waals surface area contributed by atoms with E-state index in [9.17, 15) is 9.59 Å². The molecular weight excluding hydrogens is 350 g/mol. The van der Waals surface area contributed by atoms with Crippen LogP contribution in [0.5, 0.6) is 0 Å². The van der Waals surface area contributed by atoms with Gasteiger partial charge in [-0.15, -0.1) is 11.3 Å². The lowest BCUT2D eigenvalue weighted by atomic mass is 9.94. The number of thiazole rings is 1. The first-order valence-electron chi connectivity index (χ1n) is 8.73. The van der Waals surface area contributed by atoms with E-state index < -0.39 is 5.54 Å². The van der Waals surface area contributed by atoms with Gasteiger partial charge in [-0.2, -0.15) is 5.10 Å². The molecule has 0 unspecified atom stereocenters. The fourth-order valence-electron chi connectivity index (χ4n) is 2.65. The molecule has 0 spiro atoms. The predicted octanol–water partition coefficient (Wildman–Crippen LogP) is 2.08. The summed E-state index contributed by atoms with van der Waals surface area (Å²) < 4.78 is 1.30. The van der Waals surface area contributed by atoms with Gasteiger partial charge in [0.25, 0.3) is 11.5 Å². The van der Waals surface area contributed by atoms with Crippen LogP contribution in [0, 0.1) is 20.8 Å². The monoisotopic (exact) mass is 377 g/mol. The molecule has 0 saturated carbocycles. The molecule has 0 radical (unpaired) electrons. The van der Waals surface area contributed by atoms with E-state index in [2.05, 4.69) is 15.4 Å². The van der Waals surface area contributed by atoms with Gasteiger partial charge in [0.05, 0.1) is 17.0 Å². The quantitative estimate of drug-likeness (QED) is 0.802. The van der Waals surface area contributed by atoms with Crippen LogP contribution in [0.3, 0.4) is 0 Å². The number of carbonyl (C=O) groups is 1. The van der Waals surface area contributed by atoms with E-state index in [1.54, 1.807) is 14.0 Å². The molecule has 2 rings (SSSR count). The van der Waals surface area contributed by atoms with Gasteiger partial charge in [-0.05, 0) is 39.2 Å².